The minimum absolute atomic E-state index is 0.0457. The molecule has 4 bridgehead atoms. The minimum Gasteiger partial charge on any atom is -0.493 e. The number of benzene rings is 2. The Kier molecular flexibility index (Phi) is 4.88. The predicted molar refractivity (Wildman–Crippen MR) is 149 cm³/mol. The van der Waals surface area contributed by atoms with Crippen LogP contribution in [-0.2, 0) is 40.7 Å². The summed E-state index contributed by atoms with van der Waals surface area (Å²) in [6.07, 6.45) is 4.64. The Hall–Kier alpha value is -2.86. The zero-order valence-corrected chi connectivity index (χ0v) is 24.8. The van der Waals surface area contributed by atoms with Gasteiger partial charge in [0.15, 0.2) is 21.3 Å². The van der Waals surface area contributed by atoms with Gasteiger partial charge in [0.25, 0.3) is 0 Å². The van der Waals surface area contributed by atoms with Gasteiger partial charge in [-0.05, 0) is 57.1 Å². The SMILES string of the molecule is COc1ccc2c3c1O[C@H]1[C@@]4(OC)C=C[C@@]5([C@H]6[C@H]4C(OS(=O)(=O)c4ccc(C)cc4)=CS6(=O)=O)[C@@H](C2)N(C)CC[C@]315. The van der Waals surface area contributed by atoms with Crippen LogP contribution in [0, 0.1) is 18.3 Å². The predicted octanol–water partition coefficient (Wildman–Crippen LogP) is 2.88. The largest absolute Gasteiger partial charge is 0.493 e. The van der Waals surface area contributed by atoms with E-state index in [2.05, 4.69) is 17.0 Å². The summed E-state index contributed by atoms with van der Waals surface area (Å²) in [5, 5.41) is 0.0347. The first kappa shape index (κ1) is 25.8. The summed E-state index contributed by atoms with van der Waals surface area (Å²) in [6.45, 7) is 2.61. The van der Waals surface area contributed by atoms with E-state index in [1.165, 1.54) is 19.2 Å². The van der Waals surface area contributed by atoms with E-state index in [4.69, 9.17) is 18.4 Å². The van der Waals surface area contributed by atoms with Crippen LogP contribution in [0.25, 0.3) is 0 Å². The average Bonchev–Trinajstić information content (AvgIpc) is 3.44. The zero-order chi connectivity index (χ0) is 28.7. The van der Waals surface area contributed by atoms with Gasteiger partial charge in [0.1, 0.15) is 22.4 Å². The molecule has 216 valence electrons. The molecule has 2 aromatic rings. The van der Waals surface area contributed by atoms with Gasteiger partial charge in [0, 0.05) is 24.1 Å². The topological polar surface area (TPSA) is 108 Å². The number of hydrogen-bond donors (Lipinski definition) is 0. The fourth-order valence-corrected chi connectivity index (χ4v) is 12.7. The molecule has 0 unspecified atom stereocenters. The number of ether oxygens (including phenoxy) is 3. The van der Waals surface area contributed by atoms with Gasteiger partial charge in [0.2, 0.25) is 0 Å². The summed E-state index contributed by atoms with van der Waals surface area (Å²) in [6, 6.07) is 10.1. The van der Waals surface area contributed by atoms with Gasteiger partial charge in [-0.1, -0.05) is 35.9 Å². The van der Waals surface area contributed by atoms with E-state index < -0.39 is 53.7 Å². The van der Waals surface area contributed by atoms with E-state index >= 15 is 0 Å². The Morgan fingerprint density at radius 1 is 1.07 bits per heavy atom. The van der Waals surface area contributed by atoms with Crippen LogP contribution in [0.4, 0.5) is 0 Å². The molecule has 0 radical (unpaired) electrons. The summed E-state index contributed by atoms with van der Waals surface area (Å²) in [7, 11) is -3.16. The molecular weight excluding hydrogens is 566 g/mol. The maximum Gasteiger partial charge on any atom is 0.338 e. The minimum atomic E-state index is -4.33. The molecule has 0 N–H and O–H groups in total. The highest BCUT2D eigenvalue weighted by atomic mass is 32.2. The van der Waals surface area contributed by atoms with Crippen molar-refractivity contribution in [3.05, 3.63) is 76.4 Å². The van der Waals surface area contributed by atoms with Gasteiger partial charge in [-0.2, -0.15) is 8.42 Å². The molecule has 9 rings (SSSR count). The number of likely N-dealkylation sites (N-methyl/N-ethyl adjacent to an activating group) is 1. The van der Waals surface area contributed by atoms with Crippen molar-refractivity contribution in [3.63, 3.8) is 0 Å². The van der Waals surface area contributed by atoms with E-state index in [-0.39, 0.29) is 16.7 Å². The van der Waals surface area contributed by atoms with Crippen molar-refractivity contribution in [3.8, 4) is 11.5 Å². The van der Waals surface area contributed by atoms with E-state index in [0.717, 1.165) is 28.6 Å². The van der Waals surface area contributed by atoms with E-state index in [0.29, 0.717) is 24.3 Å². The van der Waals surface area contributed by atoms with Crippen LogP contribution >= 0.6 is 0 Å². The molecule has 41 heavy (non-hydrogen) atoms. The number of hydrogen-bond acceptors (Lipinski definition) is 9. The number of aryl methyl sites for hydroxylation is 1. The number of piperidine rings is 1. The quantitative estimate of drug-likeness (QED) is 0.380. The summed E-state index contributed by atoms with van der Waals surface area (Å²) in [5.41, 5.74) is 0.103. The lowest BCUT2D eigenvalue weighted by Crippen LogP contribution is -2.83. The Labute approximate surface area is 239 Å². The van der Waals surface area contributed by atoms with Gasteiger partial charge >= 0.3 is 10.1 Å². The monoisotopic (exact) mass is 597 g/mol. The van der Waals surface area contributed by atoms with Crippen molar-refractivity contribution < 1.29 is 35.2 Å². The van der Waals surface area contributed by atoms with Crippen molar-refractivity contribution >= 4 is 20.0 Å². The number of methoxy groups -OCH3 is 2. The molecule has 4 aliphatic carbocycles. The highest BCUT2D eigenvalue weighted by Crippen LogP contribution is 2.77. The van der Waals surface area contributed by atoms with Crippen molar-refractivity contribution in [2.45, 2.75) is 53.1 Å². The molecule has 3 aliphatic heterocycles. The zero-order valence-electron chi connectivity index (χ0n) is 23.2. The van der Waals surface area contributed by atoms with Crippen molar-refractivity contribution in [1.82, 2.24) is 4.90 Å². The summed E-state index contributed by atoms with van der Waals surface area (Å²) >= 11 is 0. The highest BCUT2D eigenvalue weighted by Gasteiger charge is 2.85. The normalized spacial score (nSPS) is 38.6. The van der Waals surface area contributed by atoms with Crippen LogP contribution in [0.3, 0.4) is 0 Å². The second-order valence-electron chi connectivity index (χ2n) is 12.2. The summed E-state index contributed by atoms with van der Waals surface area (Å²) < 4.78 is 80.4. The van der Waals surface area contributed by atoms with Crippen LogP contribution in [0.15, 0.2) is 64.6 Å². The Morgan fingerprint density at radius 2 is 1.83 bits per heavy atom. The van der Waals surface area contributed by atoms with Crippen LogP contribution in [0.5, 0.6) is 11.5 Å². The molecule has 3 heterocycles. The third-order valence-corrected chi connectivity index (χ3v) is 14.0. The molecule has 1 saturated carbocycles. The van der Waals surface area contributed by atoms with Gasteiger partial charge in [-0.25, -0.2) is 8.42 Å². The lowest BCUT2D eigenvalue weighted by molar-refractivity contribution is -0.206. The highest BCUT2D eigenvalue weighted by molar-refractivity contribution is 7.95. The number of sulfone groups is 1. The molecule has 7 aliphatic rings. The van der Waals surface area contributed by atoms with Gasteiger partial charge < -0.3 is 23.3 Å². The molecule has 2 aromatic carbocycles. The molecule has 0 aromatic heterocycles. The average molecular weight is 598 g/mol. The Bertz CT molecular complexity index is 1800. The first-order valence-electron chi connectivity index (χ1n) is 13.8. The van der Waals surface area contributed by atoms with Crippen molar-refractivity contribution in [1.29, 1.82) is 0 Å². The Balaban J connectivity index is 1.37. The van der Waals surface area contributed by atoms with Crippen molar-refractivity contribution in [2.75, 3.05) is 27.8 Å². The third kappa shape index (κ3) is 2.75. The summed E-state index contributed by atoms with van der Waals surface area (Å²) in [4.78, 5) is 2.20. The van der Waals surface area contributed by atoms with Crippen molar-refractivity contribution in [2.24, 2.45) is 11.3 Å². The maximum absolute atomic E-state index is 14.3. The molecule has 2 spiro atoms. The summed E-state index contributed by atoms with van der Waals surface area (Å²) in [5.74, 6) is 0.155. The third-order valence-electron chi connectivity index (χ3n) is 10.8. The molecule has 1 saturated heterocycles. The molecule has 11 heteroatoms. The maximum atomic E-state index is 14.3. The smallest absolute Gasteiger partial charge is 0.338 e. The van der Waals surface area contributed by atoms with E-state index in [1.807, 2.05) is 26.1 Å². The van der Waals surface area contributed by atoms with E-state index in [9.17, 15) is 16.8 Å². The van der Waals surface area contributed by atoms with Crippen LogP contribution in [0.2, 0.25) is 0 Å². The lowest BCUT2D eigenvalue weighted by atomic mass is 9.37. The molecular formula is C30H31NO8S2. The number of rotatable bonds is 5. The number of likely N-dealkylation sites (tertiary alicyclic amines) is 1. The van der Waals surface area contributed by atoms with Gasteiger partial charge in [-0.15, -0.1) is 0 Å². The van der Waals surface area contributed by atoms with Crippen LogP contribution < -0.4 is 9.47 Å². The van der Waals surface area contributed by atoms with Gasteiger partial charge in [-0.3, -0.25) is 0 Å². The standard InChI is InChI=1S/C30H31NO8S2/c1-17-5-8-19(9-6-17)41(34,35)39-21-16-40(32,33)26-24(21)30(37-4)12-11-28(26)22-15-18-7-10-20(36-3)25-23(18)29(28,27(30)38-25)13-14-31(22)2/h5-12,16,22,24,26-27H,13-15H2,1-4H3/t22-,24-,26-,27-,28+,29+,30-/m1/s1. The fourth-order valence-electron chi connectivity index (χ4n) is 9.32. The first-order chi connectivity index (χ1) is 19.5. The molecule has 0 amide bonds. The second-order valence-corrected chi connectivity index (χ2v) is 15.7. The van der Waals surface area contributed by atoms with Crippen LogP contribution in [0.1, 0.15) is 23.1 Å². The molecule has 7 atom stereocenters. The molecule has 9 nitrogen and oxygen atoms in total. The lowest BCUT2D eigenvalue weighted by Gasteiger charge is -2.72. The molecule has 2 fully saturated rings. The second kappa shape index (κ2) is 7.75. The first-order valence-corrected chi connectivity index (χ1v) is 16.8. The fraction of sp³-hybridized carbons (Fsp3) is 0.467. The number of nitrogens with zero attached hydrogens (tertiary/aromatic N) is 1. The van der Waals surface area contributed by atoms with E-state index in [1.54, 1.807) is 19.2 Å². The Morgan fingerprint density at radius 3 is 2.54 bits per heavy atom. The van der Waals surface area contributed by atoms with Gasteiger partial charge in [0.05, 0.1) is 29.1 Å². The van der Waals surface area contributed by atoms with Crippen LogP contribution in [-0.4, -0.2) is 72.5 Å².